The lowest BCUT2D eigenvalue weighted by Gasteiger charge is -2.06. The molecule has 1 aromatic carbocycles. The highest BCUT2D eigenvalue weighted by molar-refractivity contribution is 5.97. The third-order valence-corrected chi connectivity index (χ3v) is 2.72. The van der Waals surface area contributed by atoms with Crippen LogP contribution in [0, 0.1) is 0 Å². The fourth-order valence-electron chi connectivity index (χ4n) is 1.59. The summed E-state index contributed by atoms with van der Waals surface area (Å²) in [7, 11) is 0. The number of hydrogen-bond donors (Lipinski definition) is 0. The summed E-state index contributed by atoms with van der Waals surface area (Å²) in [6.07, 6.45) is -2.78. The van der Waals surface area contributed by atoms with Crippen molar-refractivity contribution in [3.8, 4) is 0 Å². The molecule has 0 aliphatic heterocycles. The highest BCUT2D eigenvalue weighted by Crippen LogP contribution is 2.27. The summed E-state index contributed by atoms with van der Waals surface area (Å²) in [6, 6.07) is 5.90. The third-order valence-electron chi connectivity index (χ3n) is 2.72. The first-order valence-electron chi connectivity index (χ1n) is 5.86. The topological polar surface area (TPSA) is 59.9 Å². The molecule has 108 valence electrons. The van der Waals surface area contributed by atoms with E-state index in [9.17, 15) is 22.8 Å². The van der Waals surface area contributed by atoms with E-state index in [1.54, 1.807) is 0 Å². The number of aldehydes is 1. The van der Waals surface area contributed by atoms with Gasteiger partial charge in [0.15, 0.2) is 5.78 Å². The molecule has 0 N–H and O–H groups in total. The first kappa shape index (κ1) is 14.8. The molecule has 2 aromatic rings. The normalized spacial score (nSPS) is 11.2. The second-order valence-corrected chi connectivity index (χ2v) is 4.23. The van der Waals surface area contributed by atoms with Crippen LogP contribution in [0.2, 0.25) is 0 Å². The van der Waals surface area contributed by atoms with Gasteiger partial charge in [-0.2, -0.15) is 13.2 Å². The molecule has 1 heterocycles. The van der Waals surface area contributed by atoms with E-state index in [2.05, 4.69) is 9.97 Å². The van der Waals surface area contributed by atoms with E-state index < -0.39 is 11.7 Å². The van der Waals surface area contributed by atoms with Crippen molar-refractivity contribution in [2.45, 2.75) is 12.6 Å². The first-order chi connectivity index (χ1) is 9.90. The molecule has 0 bridgehead atoms. The largest absolute Gasteiger partial charge is 0.419 e. The van der Waals surface area contributed by atoms with Crippen LogP contribution < -0.4 is 0 Å². The Bertz CT molecular complexity index is 649. The van der Waals surface area contributed by atoms with Crippen LogP contribution in [0.1, 0.15) is 32.1 Å². The molecule has 0 atom stereocenters. The van der Waals surface area contributed by atoms with Gasteiger partial charge in [0.25, 0.3) is 0 Å². The zero-order chi connectivity index (χ0) is 15.5. The lowest BCUT2D eigenvalue weighted by Crippen LogP contribution is -2.10. The Kier molecular flexibility index (Phi) is 4.11. The number of halogens is 3. The molecule has 0 aliphatic rings. The van der Waals surface area contributed by atoms with Crippen molar-refractivity contribution in [1.29, 1.82) is 0 Å². The van der Waals surface area contributed by atoms with E-state index in [1.165, 1.54) is 24.3 Å². The summed E-state index contributed by atoms with van der Waals surface area (Å²) in [5.41, 5.74) is -0.199. The smallest absolute Gasteiger partial charge is 0.298 e. The Morgan fingerprint density at radius 2 is 1.67 bits per heavy atom. The van der Waals surface area contributed by atoms with Crippen molar-refractivity contribution >= 4 is 12.1 Å². The molecule has 0 fully saturated rings. The summed E-state index contributed by atoms with van der Waals surface area (Å²) in [4.78, 5) is 29.5. The molecule has 0 saturated heterocycles. The number of Topliss-reactive ketones (excluding diaryl/α,β-unsaturated/α-hetero) is 1. The maximum Gasteiger partial charge on any atom is 0.419 e. The van der Waals surface area contributed by atoms with Crippen molar-refractivity contribution in [1.82, 2.24) is 9.97 Å². The molecule has 4 nitrogen and oxygen atoms in total. The lowest BCUT2D eigenvalue weighted by atomic mass is 10.1. The maximum atomic E-state index is 12.3. The highest BCUT2D eigenvalue weighted by atomic mass is 19.4. The molecule has 2 rings (SSSR count). The van der Waals surface area contributed by atoms with Crippen molar-refractivity contribution in [3.63, 3.8) is 0 Å². The predicted molar refractivity (Wildman–Crippen MR) is 66.9 cm³/mol. The first-order valence-corrected chi connectivity index (χ1v) is 5.86. The van der Waals surface area contributed by atoms with Crippen molar-refractivity contribution < 1.29 is 22.8 Å². The van der Waals surface area contributed by atoms with Crippen LogP contribution in [0.5, 0.6) is 0 Å². The number of rotatable bonds is 4. The van der Waals surface area contributed by atoms with Gasteiger partial charge in [-0.1, -0.05) is 24.3 Å². The molecule has 1 aromatic heterocycles. The highest BCUT2D eigenvalue weighted by Gasteiger charge is 2.31. The Labute approximate surface area is 117 Å². The lowest BCUT2D eigenvalue weighted by molar-refractivity contribution is -0.138. The van der Waals surface area contributed by atoms with Crippen LogP contribution in [-0.4, -0.2) is 22.0 Å². The Balaban J connectivity index is 2.10. The SMILES string of the molecule is O=Cc1ccc(C(=O)Cc2ncc(C(F)(F)F)cn2)cc1. The van der Waals surface area contributed by atoms with Crippen LogP contribution in [0.15, 0.2) is 36.7 Å². The van der Waals surface area contributed by atoms with Gasteiger partial charge in [-0.3, -0.25) is 9.59 Å². The standard InChI is InChI=1S/C14H9F3N2O2/c15-14(16,17)11-6-18-13(19-7-11)5-12(21)10-3-1-9(8-20)2-4-10/h1-4,6-8H,5H2. The van der Waals surface area contributed by atoms with Gasteiger partial charge in [0.05, 0.1) is 12.0 Å². The van der Waals surface area contributed by atoms with Crippen LogP contribution in [0.3, 0.4) is 0 Å². The number of carbonyl (C=O) groups excluding carboxylic acids is 2. The van der Waals surface area contributed by atoms with Crippen LogP contribution in [-0.2, 0) is 12.6 Å². The Morgan fingerprint density at radius 3 is 2.14 bits per heavy atom. The van der Waals surface area contributed by atoms with Crippen molar-refractivity contribution in [3.05, 3.63) is 59.2 Å². The fourth-order valence-corrected chi connectivity index (χ4v) is 1.59. The molecule has 0 amide bonds. The summed E-state index contributed by atoms with van der Waals surface area (Å²) in [6.45, 7) is 0. The summed E-state index contributed by atoms with van der Waals surface area (Å²) in [5.74, 6) is -0.334. The maximum absolute atomic E-state index is 12.3. The van der Waals surface area contributed by atoms with Crippen molar-refractivity contribution in [2.24, 2.45) is 0 Å². The minimum Gasteiger partial charge on any atom is -0.298 e. The van der Waals surface area contributed by atoms with E-state index in [-0.39, 0.29) is 18.0 Å². The van der Waals surface area contributed by atoms with E-state index in [0.717, 1.165) is 0 Å². The monoisotopic (exact) mass is 294 g/mol. The number of hydrogen-bond acceptors (Lipinski definition) is 4. The molecule has 0 radical (unpaired) electrons. The van der Waals surface area contributed by atoms with Gasteiger partial charge in [-0.15, -0.1) is 0 Å². The number of alkyl halides is 3. The Hall–Kier alpha value is -2.57. The summed E-state index contributed by atoms with van der Waals surface area (Å²) < 4.78 is 37.0. The average Bonchev–Trinajstić information content (AvgIpc) is 2.47. The number of aromatic nitrogens is 2. The minimum absolute atomic E-state index is 0.00691. The van der Waals surface area contributed by atoms with Gasteiger partial charge >= 0.3 is 6.18 Å². The zero-order valence-corrected chi connectivity index (χ0v) is 10.6. The fraction of sp³-hybridized carbons (Fsp3) is 0.143. The van der Waals surface area contributed by atoms with E-state index in [0.29, 0.717) is 29.8 Å². The van der Waals surface area contributed by atoms with Crippen LogP contribution in [0.4, 0.5) is 13.2 Å². The Morgan fingerprint density at radius 1 is 1.10 bits per heavy atom. The summed E-state index contributed by atoms with van der Waals surface area (Å²) in [5, 5.41) is 0. The van der Waals surface area contributed by atoms with E-state index >= 15 is 0 Å². The van der Waals surface area contributed by atoms with E-state index in [4.69, 9.17) is 0 Å². The second kappa shape index (κ2) is 5.82. The molecule has 7 heteroatoms. The van der Waals surface area contributed by atoms with Gasteiger partial charge in [0.1, 0.15) is 12.1 Å². The van der Waals surface area contributed by atoms with E-state index in [1.807, 2.05) is 0 Å². The molecular formula is C14H9F3N2O2. The zero-order valence-electron chi connectivity index (χ0n) is 10.6. The molecule has 0 aliphatic carbocycles. The van der Waals surface area contributed by atoms with Crippen molar-refractivity contribution in [2.75, 3.05) is 0 Å². The molecule has 0 spiro atoms. The van der Waals surface area contributed by atoms with Crippen LogP contribution >= 0.6 is 0 Å². The van der Waals surface area contributed by atoms with Gasteiger partial charge in [-0.25, -0.2) is 9.97 Å². The number of carbonyl (C=O) groups is 2. The third kappa shape index (κ3) is 3.71. The van der Waals surface area contributed by atoms with Gasteiger partial charge in [0.2, 0.25) is 0 Å². The summed E-state index contributed by atoms with van der Waals surface area (Å²) >= 11 is 0. The number of benzene rings is 1. The second-order valence-electron chi connectivity index (χ2n) is 4.23. The molecule has 21 heavy (non-hydrogen) atoms. The van der Waals surface area contributed by atoms with Gasteiger partial charge in [-0.05, 0) is 0 Å². The molecule has 0 saturated carbocycles. The van der Waals surface area contributed by atoms with Crippen LogP contribution in [0.25, 0.3) is 0 Å². The quantitative estimate of drug-likeness (QED) is 0.642. The minimum atomic E-state index is -4.51. The molecular weight excluding hydrogens is 285 g/mol. The van der Waals surface area contributed by atoms with Gasteiger partial charge in [0, 0.05) is 23.5 Å². The number of ketones is 1. The number of nitrogens with zero attached hydrogens (tertiary/aromatic N) is 2. The molecule has 0 unspecified atom stereocenters. The average molecular weight is 294 g/mol. The predicted octanol–water partition coefficient (Wildman–Crippen LogP) is 2.73. The van der Waals surface area contributed by atoms with Gasteiger partial charge < -0.3 is 0 Å².